The van der Waals surface area contributed by atoms with Crippen LogP contribution in [-0.4, -0.2) is 22.0 Å². The van der Waals surface area contributed by atoms with Gasteiger partial charge in [-0.2, -0.15) is 5.26 Å². The minimum absolute atomic E-state index is 0.0252. The highest BCUT2D eigenvalue weighted by Crippen LogP contribution is 2.13. The predicted molar refractivity (Wildman–Crippen MR) is 87.2 cm³/mol. The van der Waals surface area contributed by atoms with Crippen LogP contribution in [0.5, 0.6) is 5.75 Å². The fourth-order valence-electron chi connectivity index (χ4n) is 2.11. The third kappa shape index (κ3) is 4.97. The van der Waals surface area contributed by atoms with Crippen LogP contribution < -0.4 is 5.32 Å². The number of pyridine rings is 1. The number of rotatable bonds is 5. The lowest BCUT2D eigenvalue weighted by Gasteiger charge is -2.13. The normalized spacial score (nSPS) is 12.3. The minimum atomic E-state index is -0.415. The topological polar surface area (TPSA) is 86.0 Å². The van der Waals surface area contributed by atoms with Crippen LogP contribution in [0.25, 0.3) is 6.08 Å². The summed E-state index contributed by atoms with van der Waals surface area (Å²) < 4.78 is 0. The molecule has 0 bridgehead atoms. The van der Waals surface area contributed by atoms with Crippen LogP contribution in [-0.2, 0) is 11.2 Å². The number of nitrogens with zero attached hydrogens (tertiary/aromatic N) is 2. The zero-order valence-corrected chi connectivity index (χ0v) is 12.7. The highest BCUT2D eigenvalue weighted by Gasteiger charge is 2.13. The van der Waals surface area contributed by atoms with Gasteiger partial charge in [-0.3, -0.25) is 9.78 Å². The van der Waals surface area contributed by atoms with Crippen LogP contribution in [0.3, 0.4) is 0 Å². The molecule has 0 spiro atoms. The van der Waals surface area contributed by atoms with Crippen molar-refractivity contribution in [3.05, 3.63) is 65.5 Å². The number of benzene rings is 1. The van der Waals surface area contributed by atoms with Gasteiger partial charge in [0.05, 0.1) is 0 Å². The molecule has 2 aromatic rings. The van der Waals surface area contributed by atoms with Gasteiger partial charge < -0.3 is 10.4 Å². The summed E-state index contributed by atoms with van der Waals surface area (Å²) in [7, 11) is 0. The van der Waals surface area contributed by atoms with Crippen molar-refractivity contribution in [2.24, 2.45) is 0 Å². The van der Waals surface area contributed by atoms with Crippen molar-refractivity contribution in [2.45, 2.75) is 19.4 Å². The van der Waals surface area contributed by atoms with Crippen molar-refractivity contribution >= 4 is 12.0 Å². The molecular formula is C18H17N3O2. The molecular weight excluding hydrogens is 290 g/mol. The number of hydrogen-bond donors (Lipinski definition) is 2. The van der Waals surface area contributed by atoms with Gasteiger partial charge in [0.1, 0.15) is 17.4 Å². The van der Waals surface area contributed by atoms with Gasteiger partial charge in [0.2, 0.25) is 0 Å². The van der Waals surface area contributed by atoms with Gasteiger partial charge in [0, 0.05) is 18.4 Å². The van der Waals surface area contributed by atoms with Gasteiger partial charge in [0.15, 0.2) is 0 Å². The summed E-state index contributed by atoms with van der Waals surface area (Å²) in [6.45, 7) is 1.88. The number of aromatic hydroxyl groups is 1. The molecule has 2 rings (SSSR count). The highest BCUT2D eigenvalue weighted by molar-refractivity contribution is 6.01. The van der Waals surface area contributed by atoms with Crippen molar-refractivity contribution in [3.63, 3.8) is 0 Å². The zero-order chi connectivity index (χ0) is 16.7. The summed E-state index contributed by atoms with van der Waals surface area (Å²) in [6, 6.07) is 11.9. The Bertz CT molecular complexity index is 731. The van der Waals surface area contributed by atoms with Crippen LogP contribution in [0.1, 0.15) is 18.1 Å². The van der Waals surface area contributed by atoms with E-state index in [4.69, 9.17) is 0 Å². The first-order valence-electron chi connectivity index (χ1n) is 7.19. The van der Waals surface area contributed by atoms with E-state index in [1.807, 2.05) is 25.1 Å². The molecule has 0 aliphatic heterocycles. The van der Waals surface area contributed by atoms with Crippen molar-refractivity contribution in [1.82, 2.24) is 10.3 Å². The van der Waals surface area contributed by atoms with E-state index in [0.29, 0.717) is 12.0 Å². The second-order valence-electron chi connectivity index (χ2n) is 5.20. The lowest BCUT2D eigenvalue weighted by atomic mass is 10.1. The molecule has 1 amide bonds. The smallest absolute Gasteiger partial charge is 0.262 e. The number of amides is 1. The van der Waals surface area contributed by atoms with E-state index in [9.17, 15) is 15.2 Å². The molecule has 0 aliphatic rings. The van der Waals surface area contributed by atoms with Crippen LogP contribution in [0.4, 0.5) is 0 Å². The zero-order valence-electron chi connectivity index (χ0n) is 12.7. The molecule has 1 aromatic carbocycles. The quantitative estimate of drug-likeness (QED) is 0.656. The number of carbonyl (C=O) groups excluding carboxylic acids is 1. The van der Waals surface area contributed by atoms with Crippen LogP contribution in [0.2, 0.25) is 0 Å². The summed E-state index contributed by atoms with van der Waals surface area (Å²) >= 11 is 0. The van der Waals surface area contributed by atoms with Gasteiger partial charge in [0.25, 0.3) is 5.91 Å². The first-order valence-corrected chi connectivity index (χ1v) is 7.19. The molecule has 2 N–H and O–H groups in total. The number of nitriles is 1. The van der Waals surface area contributed by atoms with E-state index in [2.05, 4.69) is 10.3 Å². The van der Waals surface area contributed by atoms with E-state index in [1.165, 1.54) is 18.2 Å². The number of phenolic OH excluding ortho intramolecular Hbond substituents is 1. The lowest BCUT2D eigenvalue weighted by Crippen LogP contribution is -2.34. The minimum Gasteiger partial charge on any atom is -0.508 e. The number of carbonyl (C=O) groups is 1. The molecule has 116 valence electrons. The number of phenols is 1. The maximum absolute atomic E-state index is 12.2. The summed E-state index contributed by atoms with van der Waals surface area (Å²) in [6.07, 6.45) is 5.56. The SMILES string of the molecule is CC(Cc1ccncc1)NC(=O)/C(C#N)=C/c1ccc(O)cc1. The molecule has 0 radical (unpaired) electrons. The molecule has 1 atom stereocenters. The van der Waals surface area contributed by atoms with E-state index in [1.54, 1.807) is 24.5 Å². The molecule has 5 heteroatoms. The predicted octanol–water partition coefficient (Wildman–Crippen LogP) is 2.44. The Hall–Kier alpha value is -3.13. The maximum atomic E-state index is 12.2. The second kappa shape index (κ2) is 7.76. The average Bonchev–Trinajstić information content (AvgIpc) is 2.55. The van der Waals surface area contributed by atoms with Gasteiger partial charge in [-0.25, -0.2) is 0 Å². The molecule has 23 heavy (non-hydrogen) atoms. The Kier molecular flexibility index (Phi) is 5.48. The summed E-state index contributed by atoms with van der Waals surface area (Å²) in [5, 5.41) is 21.2. The largest absolute Gasteiger partial charge is 0.508 e. The molecule has 1 heterocycles. The number of aromatic nitrogens is 1. The molecule has 0 aliphatic carbocycles. The van der Waals surface area contributed by atoms with Crippen molar-refractivity contribution in [3.8, 4) is 11.8 Å². The monoisotopic (exact) mass is 307 g/mol. The third-order valence-electron chi connectivity index (χ3n) is 3.24. The van der Waals surface area contributed by atoms with Crippen LogP contribution in [0.15, 0.2) is 54.4 Å². The molecule has 0 saturated carbocycles. The van der Waals surface area contributed by atoms with E-state index < -0.39 is 5.91 Å². The molecule has 1 unspecified atom stereocenters. The molecule has 5 nitrogen and oxygen atoms in total. The van der Waals surface area contributed by atoms with Gasteiger partial charge in [-0.05, 0) is 54.8 Å². The fraction of sp³-hybridized carbons (Fsp3) is 0.167. The summed E-state index contributed by atoms with van der Waals surface area (Å²) in [4.78, 5) is 16.1. The fourth-order valence-corrected chi connectivity index (χ4v) is 2.11. The van der Waals surface area contributed by atoms with E-state index in [-0.39, 0.29) is 17.4 Å². The summed E-state index contributed by atoms with van der Waals surface area (Å²) in [5.74, 6) is -0.279. The third-order valence-corrected chi connectivity index (χ3v) is 3.24. The molecule has 0 saturated heterocycles. The van der Waals surface area contributed by atoms with Gasteiger partial charge in [-0.1, -0.05) is 12.1 Å². The lowest BCUT2D eigenvalue weighted by molar-refractivity contribution is -0.117. The van der Waals surface area contributed by atoms with E-state index >= 15 is 0 Å². The van der Waals surface area contributed by atoms with Crippen LogP contribution in [0, 0.1) is 11.3 Å². The Morgan fingerprint density at radius 1 is 1.30 bits per heavy atom. The second-order valence-corrected chi connectivity index (χ2v) is 5.20. The molecule has 1 aromatic heterocycles. The Morgan fingerprint density at radius 3 is 2.57 bits per heavy atom. The van der Waals surface area contributed by atoms with Gasteiger partial charge >= 0.3 is 0 Å². The first-order chi connectivity index (χ1) is 11.1. The highest BCUT2D eigenvalue weighted by atomic mass is 16.3. The maximum Gasteiger partial charge on any atom is 0.262 e. The summed E-state index contributed by atoms with van der Waals surface area (Å²) in [5.41, 5.74) is 1.77. The van der Waals surface area contributed by atoms with Crippen LogP contribution >= 0.6 is 0 Å². The standard InChI is InChI=1S/C18H17N3O2/c1-13(10-15-6-8-20-9-7-15)21-18(23)16(12-19)11-14-2-4-17(22)5-3-14/h2-9,11,13,22H,10H2,1H3,(H,21,23)/b16-11+. The number of hydrogen-bond acceptors (Lipinski definition) is 4. The first kappa shape index (κ1) is 16.2. The van der Waals surface area contributed by atoms with E-state index in [0.717, 1.165) is 5.56 Å². The van der Waals surface area contributed by atoms with Gasteiger partial charge in [-0.15, -0.1) is 0 Å². The van der Waals surface area contributed by atoms with Crippen molar-refractivity contribution < 1.29 is 9.90 Å². The number of nitrogens with one attached hydrogen (secondary N) is 1. The van der Waals surface area contributed by atoms with Crippen molar-refractivity contribution in [2.75, 3.05) is 0 Å². The Morgan fingerprint density at radius 2 is 1.96 bits per heavy atom. The molecule has 0 fully saturated rings. The Labute approximate surface area is 134 Å². The average molecular weight is 307 g/mol. The Balaban J connectivity index is 2.02. The van der Waals surface area contributed by atoms with Crippen molar-refractivity contribution in [1.29, 1.82) is 5.26 Å².